The van der Waals surface area contributed by atoms with E-state index in [9.17, 15) is 0 Å². The van der Waals surface area contributed by atoms with Crippen molar-refractivity contribution in [3.63, 3.8) is 0 Å². The highest BCUT2D eigenvalue weighted by molar-refractivity contribution is 7.17. The number of likely N-dealkylation sites (tertiary alicyclic amines) is 1. The van der Waals surface area contributed by atoms with Gasteiger partial charge in [0.2, 0.25) is 0 Å². The molecule has 0 amide bonds. The first-order valence-corrected chi connectivity index (χ1v) is 7.40. The summed E-state index contributed by atoms with van der Waals surface area (Å²) in [6.45, 7) is 4.31. The van der Waals surface area contributed by atoms with Crippen molar-refractivity contribution in [2.45, 2.75) is 12.8 Å². The van der Waals surface area contributed by atoms with Gasteiger partial charge >= 0.3 is 0 Å². The van der Waals surface area contributed by atoms with Crippen LogP contribution in [0.4, 0.5) is 0 Å². The molecule has 0 atom stereocenters. The Morgan fingerprint density at radius 1 is 1.19 bits per heavy atom. The van der Waals surface area contributed by atoms with E-state index in [1.165, 1.54) is 36.8 Å². The van der Waals surface area contributed by atoms with Crippen molar-refractivity contribution < 1.29 is 4.74 Å². The van der Waals surface area contributed by atoms with Crippen LogP contribution in [0.25, 0.3) is 10.9 Å². The Kier molecular flexibility index (Phi) is 6.31. The van der Waals surface area contributed by atoms with Gasteiger partial charge < -0.3 is 9.30 Å². The number of nitrogens with zero attached hydrogens (tertiary/aromatic N) is 2. The van der Waals surface area contributed by atoms with Crippen LogP contribution in [0, 0.1) is 0 Å². The van der Waals surface area contributed by atoms with Crippen LogP contribution < -0.4 is 4.74 Å². The molecule has 1 aliphatic heterocycles. The van der Waals surface area contributed by atoms with E-state index in [0.29, 0.717) is 0 Å². The standard InChI is InChI=1S/C15H20N2O.B3/c1-16-9-6-13-4-5-14(12-15(13)16)18-11-10-17-7-2-3-8-17;1-3-2/h4-6,9,12H,2-3,7-8,10-11H2,1H3;. The maximum atomic E-state index is 5.85. The lowest BCUT2D eigenvalue weighted by Gasteiger charge is -2.15. The van der Waals surface area contributed by atoms with Gasteiger partial charge in [0.05, 0.1) is 5.52 Å². The van der Waals surface area contributed by atoms with Crippen LogP contribution in [0.1, 0.15) is 12.8 Å². The molecule has 0 unspecified atom stereocenters. The second-order valence-electron chi connectivity index (χ2n) is 5.24. The van der Waals surface area contributed by atoms with Crippen LogP contribution in [0.5, 0.6) is 5.75 Å². The summed E-state index contributed by atoms with van der Waals surface area (Å²) in [4.78, 5) is 2.47. The molecular formula is C15H20B3N2O. The molecule has 0 spiro atoms. The Balaban J connectivity index is 0.000000497. The fourth-order valence-electron chi connectivity index (χ4n) is 2.63. The van der Waals surface area contributed by atoms with Gasteiger partial charge in [-0.3, -0.25) is 4.90 Å². The summed E-state index contributed by atoms with van der Waals surface area (Å²) in [6, 6.07) is 8.44. The number of aromatic nitrogens is 1. The van der Waals surface area contributed by atoms with Crippen molar-refractivity contribution in [3.05, 3.63) is 30.5 Å². The summed E-state index contributed by atoms with van der Waals surface area (Å²) in [6.07, 6.45) is 4.77. The number of ether oxygens (including phenoxy) is 1. The number of benzene rings is 1. The van der Waals surface area contributed by atoms with E-state index in [-0.39, 0.29) is 0 Å². The van der Waals surface area contributed by atoms with Crippen LogP contribution >= 0.6 is 0 Å². The van der Waals surface area contributed by atoms with Gasteiger partial charge in [0, 0.05) is 48.4 Å². The number of aryl methyl sites for hydroxylation is 1. The maximum Gasteiger partial charge on any atom is 0.121 e. The SMILES string of the molecule is Cn1ccc2ccc(OCCN3CCCC3)cc21.[B][B][B]. The van der Waals surface area contributed by atoms with E-state index < -0.39 is 0 Å². The lowest BCUT2D eigenvalue weighted by Crippen LogP contribution is -2.25. The zero-order valence-corrected chi connectivity index (χ0v) is 12.7. The van der Waals surface area contributed by atoms with Crippen LogP contribution in [0.2, 0.25) is 0 Å². The molecule has 0 N–H and O–H groups in total. The van der Waals surface area contributed by atoms with E-state index >= 15 is 0 Å². The molecule has 3 nitrogen and oxygen atoms in total. The highest BCUT2D eigenvalue weighted by Crippen LogP contribution is 2.21. The Bertz CT molecular complexity index is 553. The van der Waals surface area contributed by atoms with E-state index in [1.54, 1.807) is 0 Å². The maximum absolute atomic E-state index is 5.85. The summed E-state index contributed by atoms with van der Waals surface area (Å²) in [5.74, 6) is 0.975. The van der Waals surface area contributed by atoms with Crippen LogP contribution in [0.3, 0.4) is 0 Å². The normalized spacial score (nSPS) is 14.7. The molecular weight excluding hydrogens is 257 g/mol. The quantitative estimate of drug-likeness (QED) is 0.788. The Morgan fingerprint density at radius 3 is 2.62 bits per heavy atom. The molecule has 21 heavy (non-hydrogen) atoms. The smallest absolute Gasteiger partial charge is 0.121 e. The highest BCUT2D eigenvalue weighted by atomic mass is 16.5. The molecule has 6 heteroatoms. The fraction of sp³-hybridized carbons (Fsp3) is 0.467. The zero-order valence-electron chi connectivity index (χ0n) is 12.7. The lowest BCUT2D eigenvalue weighted by atomic mass is 9.40. The third-order valence-electron chi connectivity index (χ3n) is 3.73. The second kappa shape index (κ2) is 8.23. The first-order chi connectivity index (χ1) is 10.2. The Labute approximate surface area is 130 Å². The summed E-state index contributed by atoms with van der Waals surface area (Å²) in [5, 5.41) is 1.27. The van der Waals surface area contributed by atoms with E-state index in [1.807, 2.05) is 0 Å². The minimum absolute atomic E-state index is 0.788. The van der Waals surface area contributed by atoms with Crippen LogP contribution in [-0.2, 0) is 7.05 Å². The van der Waals surface area contributed by atoms with Crippen molar-refractivity contribution >= 4 is 33.4 Å². The summed E-state index contributed by atoms with van der Waals surface area (Å²) < 4.78 is 7.97. The van der Waals surface area contributed by atoms with Crippen molar-refractivity contribution in [3.8, 4) is 5.75 Å². The molecule has 5 radical (unpaired) electrons. The van der Waals surface area contributed by atoms with E-state index in [0.717, 1.165) is 26.0 Å². The first kappa shape index (κ1) is 16.1. The van der Waals surface area contributed by atoms with Gasteiger partial charge in [-0.05, 0) is 49.5 Å². The van der Waals surface area contributed by atoms with Crippen molar-refractivity contribution in [1.29, 1.82) is 0 Å². The predicted molar refractivity (Wildman–Crippen MR) is 91.4 cm³/mol. The summed E-state index contributed by atoms with van der Waals surface area (Å²) in [7, 11) is 12.1. The molecule has 105 valence electrons. The third-order valence-corrected chi connectivity index (χ3v) is 3.73. The number of hydrogen-bond acceptors (Lipinski definition) is 2. The molecule has 1 fully saturated rings. The second-order valence-corrected chi connectivity index (χ2v) is 5.24. The molecule has 2 aromatic rings. The molecule has 1 aromatic carbocycles. The van der Waals surface area contributed by atoms with Crippen LogP contribution in [-0.4, -0.2) is 58.2 Å². The molecule has 0 saturated carbocycles. The topological polar surface area (TPSA) is 17.4 Å². The molecule has 3 rings (SSSR count). The predicted octanol–water partition coefficient (Wildman–Crippen LogP) is 1.51. The molecule has 0 bridgehead atoms. The van der Waals surface area contributed by atoms with Gasteiger partial charge in [-0.2, -0.15) is 0 Å². The third kappa shape index (κ3) is 4.60. The Hall–Kier alpha value is -1.29. The Morgan fingerprint density at radius 2 is 1.90 bits per heavy atom. The summed E-state index contributed by atoms with van der Waals surface area (Å²) in [5.41, 5.74) is 1.23. The van der Waals surface area contributed by atoms with Gasteiger partial charge in [-0.1, -0.05) is 0 Å². The van der Waals surface area contributed by atoms with Crippen LogP contribution in [0.15, 0.2) is 30.5 Å². The molecule has 1 saturated heterocycles. The van der Waals surface area contributed by atoms with Gasteiger partial charge in [0.25, 0.3) is 0 Å². The van der Waals surface area contributed by atoms with E-state index in [4.69, 9.17) is 4.74 Å². The highest BCUT2D eigenvalue weighted by Gasteiger charge is 2.10. The van der Waals surface area contributed by atoms with Gasteiger partial charge in [0.15, 0.2) is 0 Å². The number of hydrogen-bond donors (Lipinski definition) is 0. The lowest BCUT2D eigenvalue weighted by molar-refractivity contribution is 0.238. The van der Waals surface area contributed by atoms with Gasteiger partial charge in [-0.15, -0.1) is 0 Å². The van der Waals surface area contributed by atoms with Gasteiger partial charge in [-0.25, -0.2) is 0 Å². The van der Waals surface area contributed by atoms with Crippen molar-refractivity contribution in [2.24, 2.45) is 7.05 Å². The fourth-order valence-corrected chi connectivity index (χ4v) is 2.63. The molecule has 1 aliphatic rings. The minimum atomic E-state index is 0.788. The molecule has 2 heterocycles. The largest absolute Gasteiger partial charge is 0.492 e. The molecule has 1 aromatic heterocycles. The van der Waals surface area contributed by atoms with Crippen molar-refractivity contribution in [1.82, 2.24) is 9.47 Å². The average Bonchev–Trinajstić information content (AvgIpc) is 3.11. The van der Waals surface area contributed by atoms with Gasteiger partial charge in [0.1, 0.15) is 12.4 Å². The zero-order chi connectivity index (χ0) is 15.1. The monoisotopic (exact) mass is 277 g/mol. The van der Waals surface area contributed by atoms with E-state index in [2.05, 4.69) is 62.5 Å². The number of fused-ring (bicyclic) bond motifs is 1. The minimum Gasteiger partial charge on any atom is -0.492 e. The summed E-state index contributed by atoms with van der Waals surface area (Å²) >= 11 is 0. The first-order valence-electron chi connectivity index (χ1n) is 7.40. The average molecular weight is 277 g/mol. The number of rotatable bonds is 4. The van der Waals surface area contributed by atoms with Crippen molar-refractivity contribution in [2.75, 3.05) is 26.2 Å². The molecule has 0 aliphatic carbocycles.